The van der Waals surface area contributed by atoms with E-state index in [1.54, 1.807) is 16.8 Å². The van der Waals surface area contributed by atoms with E-state index in [0.717, 1.165) is 25.7 Å². The Morgan fingerprint density at radius 1 is 1.24 bits per heavy atom. The average Bonchev–Trinajstić information content (AvgIpc) is 2.49. The summed E-state index contributed by atoms with van der Waals surface area (Å²) < 4.78 is 2.79. The van der Waals surface area contributed by atoms with Gasteiger partial charge in [0, 0.05) is 37.5 Å². The number of aromatic nitrogens is 2. The van der Waals surface area contributed by atoms with E-state index >= 15 is 0 Å². The number of hydrogen-bond acceptors (Lipinski definition) is 2. The second-order valence-corrected chi connectivity index (χ2v) is 6.36. The zero-order valence-electron chi connectivity index (χ0n) is 11.3. The molecule has 2 heterocycles. The number of pyridine rings is 2. The van der Waals surface area contributed by atoms with Crippen LogP contribution in [0.25, 0.3) is 10.9 Å². The third-order valence-electron chi connectivity index (χ3n) is 3.53. The number of nitrogens with zero attached hydrogens (tertiary/aromatic N) is 2. The molecule has 5 heteroatoms. The molecule has 106 valence electrons. The molecule has 0 aliphatic carbocycles. The van der Waals surface area contributed by atoms with Crippen LogP contribution in [0.2, 0.25) is 5.02 Å². The van der Waals surface area contributed by atoms with Gasteiger partial charge in [0.1, 0.15) is 0 Å². The van der Waals surface area contributed by atoms with Crippen molar-refractivity contribution in [3.8, 4) is 0 Å². The molecule has 0 unspecified atom stereocenters. The molecule has 1 aromatic carbocycles. The van der Waals surface area contributed by atoms with Crippen molar-refractivity contribution in [2.45, 2.75) is 13.5 Å². The molecule has 0 radical (unpaired) electrons. The zero-order chi connectivity index (χ0) is 15.0. The molecule has 3 nitrogen and oxygen atoms in total. The van der Waals surface area contributed by atoms with E-state index in [4.69, 9.17) is 11.6 Å². The maximum absolute atomic E-state index is 12.1. The highest BCUT2D eigenvalue weighted by molar-refractivity contribution is 14.1. The molecule has 0 bridgehead atoms. The molecule has 0 aliphatic rings. The van der Waals surface area contributed by atoms with Gasteiger partial charge in [-0.1, -0.05) is 23.7 Å². The normalized spacial score (nSPS) is 11.0. The van der Waals surface area contributed by atoms with Gasteiger partial charge in [-0.25, -0.2) is 0 Å². The first-order valence-corrected chi connectivity index (χ1v) is 7.91. The predicted octanol–water partition coefficient (Wildman–Crippen LogP) is 4.01. The van der Waals surface area contributed by atoms with Gasteiger partial charge in [0.15, 0.2) is 0 Å². The summed E-state index contributed by atoms with van der Waals surface area (Å²) in [5.41, 5.74) is 2.63. The van der Waals surface area contributed by atoms with Crippen LogP contribution >= 0.6 is 34.2 Å². The fourth-order valence-corrected chi connectivity index (χ4v) is 3.02. The highest BCUT2D eigenvalue weighted by atomic mass is 127. The Kier molecular flexibility index (Phi) is 3.99. The maximum Gasteiger partial charge on any atom is 0.251 e. The van der Waals surface area contributed by atoms with Crippen LogP contribution in [0.1, 0.15) is 11.3 Å². The summed E-state index contributed by atoms with van der Waals surface area (Å²) >= 11 is 8.57. The molecule has 2 aromatic heterocycles. The monoisotopic (exact) mass is 410 g/mol. The van der Waals surface area contributed by atoms with Gasteiger partial charge in [-0.2, -0.15) is 0 Å². The van der Waals surface area contributed by atoms with E-state index in [2.05, 4.69) is 27.6 Å². The van der Waals surface area contributed by atoms with Gasteiger partial charge in [-0.05, 0) is 47.7 Å². The predicted molar refractivity (Wildman–Crippen MR) is 94.0 cm³/mol. The van der Waals surface area contributed by atoms with Crippen molar-refractivity contribution in [2.24, 2.45) is 0 Å². The second kappa shape index (κ2) is 5.77. The zero-order valence-corrected chi connectivity index (χ0v) is 14.2. The van der Waals surface area contributed by atoms with Crippen molar-refractivity contribution in [1.82, 2.24) is 9.55 Å². The molecular weight excluding hydrogens is 399 g/mol. The summed E-state index contributed by atoms with van der Waals surface area (Å²) in [6.07, 6.45) is 1.74. The van der Waals surface area contributed by atoms with E-state index < -0.39 is 0 Å². The summed E-state index contributed by atoms with van der Waals surface area (Å²) in [4.78, 5) is 16.6. The molecule has 0 atom stereocenters. The number of benzene rings is 1. The minimum absolute atomic E-state index is 0.0306. The minimum Gasteiger partial charge on any atom is -0.307 e. The topological polar surface area (TPSA) is 34.9 Å². The molecule has 0 spiro atoms. The summed E-state index contributed by atoms with van der Waals surface area (Å²) in [6, 6.07) is 11.1. The van der Waals surface area contributed by atoms with Gasteiger partial charge < -0.3 is 4.57 Å². The van der Waals surface area contributed by atoms with Crippen LogP contribution in [0.5, 0.6) is 0 Å². The van der Waals surface area contributed by atoms with Crippen LogP contribution < -0.4 is 5.56 Å². The lowest BCUT2D eigenvalue weighted by molar-refractivity contribution is 0.728. The highest BCUT2D eigenvalue weighted by Crippen LogP contribution is 2.25. The molecule has 3 rings (SSSR count). The van der Waals surface area contributed by atoms with Crippen LogP contribution in [-0.4, -0.2) is 9.55 Å². The third-order valence-corrected chi connectivity index (χ3v) is 5.02. The van der Waals surface area contributed by atoms with E-state index in [-0.39, 0.29) is 5.56 Å². The molecule has 0 fully saturated rings. The second-order valence-electron chi connectivity index (χ2n) is 4.79. The summed E-state index contributed by atoms with van der Waals surface area (Å²) in [5.74, 6) is 0. The molecular formula is C16H12ClIN2O. The molecule has 0 aliphatic heterocycles. The van der Waals surface area contributed by atoms with Gasteiger partial charge in [-0.3, -0.25) is 9.78 Å². The van der Waals surface area contributed by atoms with Crippen LogP contribution in [0.15, 0.2) is 47.4 Å². The minimum atomic E-state index is -0.0306. The number of halogens is 2. The van der Waals surface area contributed by atoms with Crippen molar-refractivity contribution < 1.29 is 0 Å². The average molecular weight is 411 g/mol. The lowest BCUT2D eigenvalue weighted by atomic mass is 10.1. The van der Waals surface area contributed by atoms with E-state index in [9.17, 15) is 4.79 Å². The molecule has 0 saturated carbocycles. The van der Waals surface area contributed by atoms with Gasteiger partial charge in [0.05, 0.1) is 12.1 Å². The SMILES string of the molecule is Cc1c(I)ccc(=O)n1Cc1c(Cl)ccc2cccnc12. The Balaban J connectivity index is 2.22. The summed E-state index contributed by atoms with van der Waals surface area (Å²) in [5, 5.41) is 1.65. The fraction of sp³-hybridized carbons (Fsp3) is 0.125. The first-order valence-electron chi connectivity index (χ1n) is 6.46. The Morgan fingerprint density at radius 2 is 2.05 bits per heavy atom. The molecule has 21 heavy (non-hydrogen) atoms. The molecule has 3 aromatic rings. The summed E-state index contributed by atoms with van der Waals surface area (Å²) in [7, 11) is 0. The van der Waals surface area contributed by atoms with Crippen LogP contribution in [0.4, 0.5) is 0 Å². The van der Waals surface area contributed by atoms with E-state index in [1.807, 2.05) is 37.3 Å². The largest absolute Gasteiger partial charge is 0.307 e. The van der Waals surface area contributed by atoms with Crippen LogP contribution in [0, 0.1) is 10.5 Å². The van der Waals surface area contributed by atoms with Gasteiger partial charge in [-0.15, -0.1) is 0 Å². The lowest BCUT2D eigenvalue weighted by Crippen LogP contribution is -2.23. The maximum atomic E-state index is 12.1. The van der Waals surface area contributed by atoms with Crippen LogP contribution in [-0.2, 0) is 6.54 Å². The number of hydrogen-bond donors (Lipinski definition) is 0. The summed E-state index contributed by atoms with van der Waals surface area (Å²) in [6.45, 7) is 2.37. The Labute approximate surface area is 140 Å². The van der Waals surface area contributed by atoms with Gasteiger partial charge in [0.2, 0.25) is 0 Å². The Bertz CT molecular complexity index is 889. The number of rotatable bonds is 2. The number of fused-ring (bicyclic) bond motifs is 1. The van der Waals surface area contributed by atoms with Crippen molar-refractivity contribution in [3.05, 3.63) is 72.8 Å². The van der Waals surface area contributed by atoms with Crippen molar-refractivity contribution in [1.29, 1.82) is 0 Å². The Hall–Kier alpha value is -1.40. The first kappa shape index (κ1) is 14.5. The Morgan fingerprint density at radius 3 is 2.86 bits per heavy atom. The molecule has 0 saturated heterocycles. The standard InChI is InChI=1S/C16H12ClIN2O/c1-10-14(18)6-7-15(21)20(10)9-12-13(17)5-4-11-3-2-8-19-16(11)12/h2-8H,9H2,1H3. The van der Waals surface area contributed by atoms with Gasteiger partial charge >= 0.3 is 0 Å². The lowest BCUT2D eigenvalue weighted by Gasteiger charge is -2.14. The quantitative estimate of drug-likeness (QED) is 0.598. The first-order chi connectivity index (χ1) is 10.1. The van der Waals surface area contributed by atoms with Gasteiger partial charge in [0.25, 0.3) is 5.56 Å². The van der Waals surface area contributed by atoms with Crippen molar-refractivity contribution in [3.63, 3.8) is 0 Å². The highest BCUT2D eigenvalue weighted by Gasteiger charge is 2.11. The van der Waals surface area contributed by atoms with E-state index in [1.165, 1.54) is 0 Å². The van der Waals surface area contributed by atoms with Crippen molar-refractivity contribution >= 4 is 45.1 Å². The molecule has 0 N–H and O–H groups in total. The van der Waals surface area contributed by atoms with Crippen LogP contribution in [0.3, 0.4) is 0 Å². The third kappa shape index (κ3) is 2.70. The smallest absolute Gasteiger partial charge is 0.251 e. The molecule has 0 amide bonds. The fourth-order valence-electron chi connectivity index (χ4n) is 2.34. The van der Waals surface area contributed by atoms with E-state index in [0.29, 0.717) is 11.6 Å². The van der Waals surface area contributed by atoms with Crippen molar-refractivity contribution in [2.75, 3.05) is 0 Å².